The number of benzene rings is 1. The number of allylic oxidation sites excluding steroid dienone is 1. The minimum Gasteiger partial charge on any atom is -0.426 e. The summed E-state index contributed by atoms with van der Waals surface area (Å²) >= 11 is 0. The molecule has 0 N–H and O–H groups in total. The van der Waals surface area contributed by atoms with E-state index in [9.17, 15) is 9.59 Å². The highest BCUT2D eigenvalue weighted by Gasteiger charge is 2.38. The number of rotatable bonds is 5. The molecule has 1 fully saturated rings. The molecule has 2 unspecified atom stereocenters. The van der Waals surface area contributed by atoms with E-state index in [1.807, 2.05) is 6.92 Å². The summed E-state index contributed by atoms with van der Waals surface area (Å²) in [6.45, 7) is 8.94. The molecule has 1 heterocycles. The predicted octanol–water partition coefficient (Wildman–Crippen LogP) is 3.58. The average Bonchev–Trinajstić information content (AvgIpc) is 3.24. The van der Waals surface area contributed by atoms with Crippen molar-refractivity contribution in [2.24, 2.45) is 5.92 Å². The first kappa shape index (κ1) is 17.2. The average molecular weight is 318 g/mol. The monoisotopic (exact) mass is 318 g/mol. The van der Waals surface area contributed by atoms with Crippen molar-refractivity contribution in [1.82, 2.24) is 0 Å². The Kier molecular flexibility index (Phi) is 5.21. The van der Waals surface area contributed by atoms with Crippen LogP contribution in [-0.2, 0) is 14.3 Å². The van der Waals surface area contributed by atoms with Crippen molar-refractivity contribution < 1.29 is 23.8 Å². The molecular formula is C18H22O5. The zero-order chi connectivity index (χ0) is 17.1. The van der Waals surface area contributed by atoms with E-state index in [1.54, 1.807) is 52.0 Å². The Morgan fingerprint density at radius 3 is 2.43 bits per heavy atom. The molecule has 23 heavy (non-hydrogen) atoms. The van der Waals surface area contributed by atoms with Gasteiger partial charge in [0.05, 0.1) is 12.0 Å². The molecule has 1 aromatic carbocycles. The summed E-state index contributed by atoms with van der Waals surface area (Å²) in [5.41, 5.74) is 1.24. The number of carbonyl (C=O) groups excluding carboxylic acids is 2. The first-order valence-electron chi connectivity index (χ1n) is 7.69. The Balaban J connectivity index is 2.24. The lowest BCUT2D eigenvalue weighted by Gasteiger charge is -2.12. The predicted molar refractivity (Wildman–Crippen MR) is 85.3 cm³/mol. The molecule has 0 bridgehead atoms. The highest BCUT2D eigenvalue weighted by Crippen LogP contribution is 2.44. The van der Waals surface area contributed by atoms with E-state index in [1.165, 1.54) is 0 Å². The van der Waals surface area contributed by atoms with Crippen LogP contribution in [0.4, 0.5) is 0 Å². The van der Waals surface area contributed by atoms with Crippen LogP contribution in [0.15, 0.2) is 29.8 Å². The number of epoxide rings is 1. The zero-order valence-electron chi connectivity index (χ0n) is 14.1. The highest BCUT2D eigenvalue weighted by atomic mass is 16.6. The lowest BCUT2D eigenvalue weighted by Crippen LogP contribution is -2.16. The lowest BCUT2D eigenvalue weighted by atomic mass is 10.1. The molecule has 1 aliphatic rings. The molecule has 124 valence electrons. The van der Waals surface area contributed by atoms with Crippen LogP contribution in [0.2, 0.25) is 0 Å². The fourth-order valence-electron chi connectivity index (χ4n) is 1.95. The third-order valence-electron chi connectivity index (χ3n) is 3.65. The van der Waals surface area contributed by atoms with Crippen LogP contribution in [0.25, 0.3) is 0 Å². The zero-order valence-corrected chi connectivity index (χ0v) is 14.1. The standard InChI is InChI=1S/C18H22O5/c1-6-11(4)18(20)22-13-7-8-15(23-17(19)10(2)3)14(9-13)16-12(5)21-16/h6-10,12,16H,1-5H3. The van der Waals surface area contributed by atoms with Gasteiger partial charge in [0.25, 0.3) is 0 Å². The van der Waals surface area contributed by atoms with E-state index in [2.05, 4.69) is 0 Å². The van der Waals surface area contributed by atoms with E-state index in [-0.39, 0.29) is 24.1 Å². The summed E-state index contributed by atoms with van der Waals surface area (Å²) in [5.74, 6) is -0.0988. The summed E-state index contributed by atoms with van der Waals surface area (Å²) < 4.78 is 16.2. The highest BCUT2D eigenvalue weighted by molar-refractivity contribution is 5.89. The number of carbonyl (C=O) groups is 2. The van der Waals surface area contributed by atoms with Gasteiger partial charge in [-0.15, -0.1) is 0 Å². The van der Waals surface area contributed by atoms with Gasteiger partial charge in [0, 0.05) is 11.1 Å². The Bertz CT molecular complexity index is 645. The maximum atomic E-state index is 11.8. The van der Waals surface area contributed by atoms with Gasteiger partial charge in [-0.3, -0.25) is 4.79 Å². The van der Waals surface area contributed by atoms with Crippen molar-refractivity contribution in [2.75, 3.05) is 0 Å². The largest absolute Gasteiger partial charge is 0.426 e. The van der Waals surface area contributed by atoms with Crippen LogP contribution in [0.5, 0.6) is 11.5 Å². The number of hydrogen-bond acceptors (Lipinski definition) is 5. The lowest BCUT2D eigenvalue weighted by molar-refractivity contribution is -0.138. The van der Waals surface area contributed by atoms with Crippen molar-refractivity contribution >= 4 is 11.9 Å². The molecule has 0 saturated carbocycles. The van der Waals surface area contributed by atoms with Crippen molar-refractivity contribution in [3.05, 3.63) is 35.4 Å². The van der Waals surface area contributed by atoms with Gasteiger partial charge < -0.3 is 14.2 Å². The molecule has 0 aliphatic carbocycles. The molecule has 1 aromatic rings. The first-order valence-corrected chi connectivity index (χ1v) is 7.69. The summed E-state index contributed by atoms with van der Waals surface area (Å²) in [6.07, 6.45) is 1.59. The molecule has 0 spiro atoms. The molecule has 0 radical (unpaired) electrons. The van der Waals surface area contributed by atoms with Crippen molar-refractivity contribution in [2.45, 2.75) is 46.8 Å². The number of ether oxygens (including phenoxy) is 3. The third-order valence-corrected chi connectivity index (χ3v) is 3.65. The maximum absolute atomic E-state index is 11.8. The van der Waals surface area contributed by atoms with Gasteiger partial charge in [-0.05, 0) is 39.0 Å². The van der Waals surface area contributed by atoms with Gasteiger partial charge in [-0.25, -0.2) is 4.79 Å². The van der Waals surface area contributed by atoms with Gasteiger partial charge in [0.2, 0.25) is 0 Å². The van der Waals surface area contributed by atoms with Crippen LogP contribution < -0.4 is 9.47 Å². The van der Waals surface area contributed by atoms with E-state index in [0.29, 0.717) is 17.1 Å². The van der Waals surface area contributed by atoms with E-state index >= 15 is 0 Å². The second-order valence-electron chi connectivity index (χ2n) is 5.90. The first-order chi connectivity index (χ1) is 10.8. The molecular weight excluding hydrogens is 296 g/mol. The quantitative estimate of drug-likeness (QED) is 0.359. The third kappa shape index (κ3) is 4.20. The molecule has 5 nitrogen and oxygen atoms in total. The van der Waals surface area contributed by atoms with Crippen molar-refractivity contribution in [3.8, 4) is 11.5 Å². The van der Waals surface area contributed by atoms with Crippen LogP contribution in [0.3, 0.4) is 0 Å². The van der Waals surface area contributed by atoms with Crippen LogP contribution in [0.1, 0.15) is 46.3 Å². The Morgan fingerprint density at radius 1 is 1.26 bits per heavy atom. The second-order valence-corrected chi connectivity index (χ2v) is 5.90. The van der Waals surface area contributed by atoms with Crippen molar-refractivity contribution in [1.29, 1.82) is 0 Å². The van der Waals surface area contributed by atoms with Gasteiger partial charge in [0.15, 0.2) is 0 Å². The van der Waals surface area contributed by atoms with E-state index < -0.39 is 5.97 Å². The van der Waals surface area contributed by atoms with E-state index in [0.717, 1.165) is 5.56 Å². The smallest absolute Gasteiger partial charge is 0.338 e. The summed E-state index contributed by atoms with van der Waals surface area (Å²) in [6, 6.07) is 4.94. The molecule has 1 saturated heterocycles. The number of esters is 2. The second kappa shape index (κ2) is 6.96. The summed E-state index contributed by atoms with van der Waals surface area (Å²) in [4.78, 5) is 23.7. The molecule has 0 aromatic heterocycles. The SMILES string of the molecule is CC=C(C)C(=O)Oc1ccc(OC(=O)C(C)C)c(C2OC2C)c1. The Hall–Kier alpha value is -2.14. The fourth-order valence-corrected chi connectivity index (χ4v) is 1.95. The number of hydrogen-bond donors (Lipinski definition) is 0. The van der Waals surface area contributed by atoms with Gasteiger partial charge >= 0.3 is 11.9 Å². The Morgan fingerprint density at radius 2 is 1.91 bits per heavy atom. The van der Waals surface area contributed by atoms with Crippen LogP contribution >= 0.6 is 0 Å². The topological polar surface area (TPSA) is 65.1 Å². The van der Waals surface area contributed by atoms with Gasteiger partial charge in [-0.2, -0.15) is 0 Å². The fraction of sp³-hybridized carbons (Fsp3) is 0.444. The molecule has 5 heteroatoms. The molecule has 2 rings (SSSR count). The van der Waals surface area contributed by atoms with Gasteiger partial charge in [-0.1, -0.05) is 19.9 Å². The molecule has 1 aliphatic heterocycles. The molecule has 2 atom stereocenters. The maximum Gasteiger partial charge on any atom is 0.338 e. The minimum atomic E-state index is -0.407. The van der Waals surface area contributed by atoms with Gasteiger partial charge in [0.1, 0.15) is 17.6 Å². The Labute approximate surface area is 136 Å². The minimum absolute atomic E-state index is 0.0507. The van der Waals surface area contributed by atoms with E-state index in [4.69, 9.17) is 14.2 Å². The van der Waals surface area contributed by atoms with Crippen LogP contribution in [0, 0.1) is 5.92 Å². The summed E-state index contributed by atoms with van der Waals surface area (Å²) in [7, 11) is 0. The normalized spacial score (nSPS) is 20.3. The van der Waals surface area contributed by atoms with Crippen molar-refractivity contribution in [3.63, 3.8) is 0 Å². The molecule has 0 amide bonds. The van der Waals surface area contributed by atoms with Crippen LogP contribution in [-0.4, -0.2) is 18.0 Å². The summed E-state index contributed by atoms with van der Waals surface area (Å²) in [5, 5.41) is 0.